The number of halogens is 1. The van der Waals surface area contributed by atoms with Gasteiger partial charge >= 0.3 is 6.03 Å². The lowest BCUT2D eigenvalue weighted by atomic mass is 9.98. The predicted octanol–water partition coefficient (Wildman–Crippen LogP) is 4.94. The highest BCUT2D eigenvalue weighted by atomic mass is 35.5. The van der Waals surface area contributed by atoms with Crippen LogP contribution in [0, 0.1) is 0 Å². The van der Waals surface area contributed by atoms with Gasteiger partial charge in [0.25, 0.3) is 11.8 Å². The van der Waals surface area contributed by atoms with Crippen LogP contribution in [-0.4, -0.2) is 113 Å². The minimum atomic E-state index is -1.07. The quantitative estimate of drug-likeness (QED) is 0.0562. The molecule has 1 saturated heterocycles. The molecule has 0 aliphatic carbocycles. The Morgan fingerprint density at radius 2 is 1.51 bits per heavy atom. The number of hydrogen-bond acceptors (Lipinski definition) is 14. The first-order valence-corrected chi connectivity index (χ1v) is 21.6. The summed E-state index contributed by atoms with van der Waals surface area (Å²) in [5, 5.41) is 7.78. The Kier molecular flexibility index (Phi) is 15.5. The van der Waals surface area contributed by atoms with Crippen molar-refractivity contribution in [2.24, 2.45) is 5.73 Å². The number of rotatable bonds is 21. The van der Waals surface area contributed by atoms with Crippen LogP contribution in [0.2, 0.25) is 5.02 Å². The molecule has 0 radical (unpaired) electrons. The van der Waals surface area contributed by atoms with E-state index < -0.39 is 41.6 Å². The van der Waals surface area contributed by atoms with Gasteiger partial charge in [0.15, 0.2) is 5.43 Å². The summed E-state index contributed by atoms with van der Waals surface area (Å²) in [4.78, 5) is 88.8. The van der Waals surface area contributed by atoms with Crippen molar-refractivity contribution in [3.05, 3.63) is 105 Å². The van der Waals surface area contributed by atoms with Gasteiger partial charge in [-0.25, -0.2) is 4.79 Å². The number of imide groups is 2. The van der Waals surface area contributed by atoms with E-state index in [-0.39, 0.29) is 102 Å². The number of amides is 7. The standard InChI is InChI=1S/C47H46ClN5O14/c1-3-64-38-25-40-33(23-32(38)26-19-27(43(49)56)21-28(20-26)51-47(60)50-2)36(54)24-39(67-40)30-8-7-29(22-34(30)48)65-17-15-62-13-11-61-12-14-63-16-18-66-37-6-4-5-31-42(37)46(59)53(45(31)58)35-9-10-41(55)52-44(35)57/h4-8,19-25,35H,3,9-18H2,1-2H3,(H2,49,56)(H2,50,51,60)(H,52,55,57). The summed E-state index contributed by atoms with van der Waals surface area (Å²) in [6.07, 6.45) is 0.0839. The minimum Gasteiger partial charge on any atom is -0.493 e. The van der Waals surface area contributed by atoms with E-state index in [0.29, 0.717) is 53.7 Å². The summed E-state index contributed by atoms with van der Waals surface area (Å²) >= 11 is 6.65. The van der Waals surface area contributed by atoms with Crippen LogP contribution >= 0.6 is 11.6 Å². The molecule has 0 saturated carbocycles. The first kappa shape index (κ1) is 47.6. The number of piperidine rings is 1. The van der Waals surface area contributed by atoms with E-state index in [0.717, 1.165) is 4.90 Å². The van der Waals surface area contributed by atoms with Gasteiger partial charge in [-0.05, 0) is 73.5 Å². The third-order valence-electron chi connectivity index (χ3n) is 10.5. The van der Waals surface area contributed by atoms with Crippen LogP contribution in [0.25, 0.3) is 33.4 Å². The second kappa shape index (κ2) is 21.8. The van der Waals surface area contributed by atoms with Gasteiger partial charge in [0.1, 0.15) is 47.8 Å². The van der Waals surface area contributed by atoms with Gasteiger partial charge in [0.2, 0.25) is 17.7 Å². The van der Waals surface area contributed by atoms with E-state index in [2.05, 4.69) is 16.0 Å². The Morgan fingerprint density at radius 1 is 0.791 bits per heavy atom. The minimum absolute atomic E-state index is 0.0262. The van der Waals surface area contributed by atoms with Crippen molar-refractivity contribution in [2.75, 3.05) is 71.8 Å². The monoisotopic (exact) mass is 939 g/mol. The van der Waals surface area contributed by atoms with Gasteiger partial charge < -0.3 is 49.2 Å². The van der Waals surface area contributed by atoms with Crippen molar-refractivity contribution in [3.8, 4) is 39.7 Å². The van der Waals surface area contributed by atoms with E-state index >= 15 is 0 Å². The van der Waals surface area contributed by atoms with Crippen molar-refractivity contribution in [2.45, 2.75) is 25.8 Å². The number of fused-ring (bicyclic) bond motifs is 2. The maximum Gasteiger partial charge on any atom is 0.318 e. The number of urea groups is 1. The third kappa shape index (κ3) is 11.2. The molecule has 2 aliphatic heterocycles. The van der Waals surface area contributed by atoms with E-state index in [9.17, 15) is 33.6 Å². The zero-order chi connectivity index (χ0) is 47.6. The molecular formula is C47H46ClN5O14. The number of nitrogens with two attached hydrogens (primary N) is 1. The molecule has 350 valence electrons. The van der Waals surface area contributed by atoms with Gasteiger partial charge in [-0.3, -0.25) is 39.0 Å². The van der Waals surface area contributed by atoms with Gasteiger partial charge in [-0.15, -0.1) is 0 Å². The van der Waals surface area contributed by atoms with Crippen LogP contribution in [0.1, 0.15) is 50.8 Å². The molecule has 1 fully saturated rings. The lowest BCUT2D eigenvalue weighted by Crippen LogP contribution is -2.54. The smallest absolute Gasteiger partial charge is 0.318 e. The van der Waals surface area contributed by atoms with E-state index in [4.69, 9.17) is 50.2 Å². The zero-order valence-electron chi connectivity index (χ0n) is 36.4. The molecule has 20 heteroatoms. The molecule has 0 bridgehead atoms. The number of ether oxygens (including phenoxy) is 6. The number of carbonyl (C=O) groups is 6. The molecular weight excluding hydrogens is 894 g/mol. The fourth-order valence-corrected chi connectivity index (χ4v) is 7.63. The van der Waals surface area contributed by atoms with Crippen LogP contribution in [-0.2, 0) is 23.8 Å². The predicted molar refractivity (Wildman–Crippen MR) is 243 cm³/mol. The molecule has 67 heavy (non-hydrogen) atoms. The lowest BCUT2D eigenvalue weighted by molar-refractivity contribution is -0.136. The molecule has 19 nitrogen and oxygen atoms in total. The third-order valence-corrected chi connectivity index (χ3v) is 10.8. The summed E-state index contributed by atoms with van der Waals surface area (Å²) in [5.74, 6) is -1.87. The molecule has 0 spiro atoms. The molecule has 3 heterocycles. The van der Waals surface area contributed by atoms with Crippen molar-refractivity contribution in [1.29, 1.82) is 0 Å². The summed E-state index contributed by atoms with van der Waals surface area (Å²) in [5.41, 5.74) is 7.49. The Hall–Kier alpha value is -7.32. The Morgan fingerprint density at radius 3 is 2.18 bits per heavy atom. The van der Waals surface area contributed by atoms with Gasteiger partial charge in [-0.1, -0.05) is 17.7 Å². The lowest BCUT2D eigenvalue weighted by Gasteiger charge is -2.27. The van der Waals surface area contributed by atoms with Crippen molar-refractivity contribution in [1.82, 2.24) is 15.5 Å². The van der Waals surface area contributed by atoms with E-state index in [1.54, 1.807) is 61.5 Å². The summed E-state index contributed by atoms with van der Waals surface area (Å²) < 4.78 is 40.4. The molecule has 1 aromatic heterocycles. The number of benzene rings is 4. The highest BCUT2D eigenvalue weighted by Crippen LogP contribution is 2.38. The average molecular weight is 940 g/mol. The molecule has 7 amide bonds. The van der Waals surface area contributed by atoms with E-state index in [1.807, 2.05) is 0 Å². The van der Waals surface area contributed by atoms with Crippen molar-refractivity contribution < 1.29 is 61.6 Å². The van der Waals surface area contributed by atoms with Crippen LogP contribution in [0.15, 0.2) is 82.0 Å². The number of nitrogens with zero attached hydrogens (tertiary/aromatic N) is 1. The topological polar surface area (TPSA) is 253 Å². The second-order valence-electron chi connectivity index (χ2n) is 14.9. The first-order valence-electron chi connectivity index (χ1n) is 21.2. The molecule has 2 aliphatic rings. The SMILES string of the molecule is CCOc1cc2oc(-c3ccc(OCCOCCOCCOCCOc4cccc5c4C(=O)N(C4CCC(=O)NC4=O)C5=O)cc3Cl)cc(=O)c2cc1-c1cc(NC(=O)NC)cc(C(N)=O)c1. The number of carbonyl (C=O) groups excluding carboxylic acids is 6. The Bertz CT molecular complexity index is 2800. The highest BCUT2D eigenvalue weighted by molar-refractivity contribution is 6.33. The van der Waals surface area contributed by atoms with Crippen molar-refractivity contribution in [3.63, 3.8) is 0 Å². The summed E-state index contributed by atoms with van der Waals surface area (Å²) in [7, 11) is 1.45. The maximum absolute atomic E-state index is 13.5. The second-order valence-corrected chi connectivity index (χ2v) is 15.3. The number of nitrogens with one attached hydrogen (secondary N) is 3. The van der Waals surface area contributed by atoms with Gasteiger partial charge in [0.05, 0.1) is 67.8 Å². The normalized spacial score (nSPS) is 14.5. The molecule has 7 rings (SSSR count). The number of primary amides is 1. The van der Waals surface area contributed by atoms with Crippen LogP contribution in [0.3, 0.4) is 0 Å². The van der Waals surface area contributed by atoms with Gasteiger partial charge in [0, 0.05) is 48.0 Å². The number of hydrogen-bond donors (Lipinski definition) is 4. The summed E-state index contributed by atoms with van der Waals surface area (Å²) in [6.45, 7) is 3.99. The van der Waals surface area contributed by atoms with Gasteiger partial charge in [-0.2, -0.15) is 0 Å². The Labute approximate surface area is 387 Å². The summed E-state index contributed by atoms with van der Waals surface area (Å²) in [6, 6.07) is 17.2. The van der Waals surface area contributed by atoms with Crippen molar-refractivity contribution >= 4 is 63.8 Å². The molecule has 5 N–H and O–H groups in total. The fourth-order valence-electron chi connectivity index (χ4n) is 7.37. The van der Waals surface area contributed by atoms with Crippen LogP contribution < -0.4 is 41.3 Å². The molecule has 5 aromatic rings. The number of anilines is 1. The molecule has 4 aromatic carbocycles. The maximum atomic E-state index is 13.5. The largest absolute Gasteiger partial charge is 0.493 e. The Balaban J connectivity index is 0.834. The fraction of sp³-hybridized carbons (Fsp3) is 0.298. The zero-order valence-corrected chi connectivity index (χ0v) is 37.2. The molecule has 1 unspecified atom stereocenters. The molecule has 1 atom stereocenters. The van der Waals surface area contributed by atoms with Crippen LogP contribution in [0.4, 0.5) is 10.5 Å². The highest BCUT2D eigenvalue weighted by Gasteiger charge is 2.46. The first-order chi connectivity index (χ1) is 32.4. The van der Waals surface area contributed by atoms with Crippen LogP contribution in [0.5, 0.6) is 17.2 Å². The van der Waals surface area contributed by atoms with E-state index in [1.165, 1.54) is 25.2 Å². The average Bonchev–Trinajstić information content (AvgIpc) is 3.56.